The average Bonchev–Trinajstić information content (AvgIpc) is 2.63. The van der Waals surface area contributed by atoms with E-state index >= 15 is 0 Å². The van der Waals surface area contributed by atoms with Crippen molar-refractivity contribution in [2.24, 2.45) is 0 Å². The lowest BCUT2D eigenvalue weighted by Gasteiger charge is -2.33. The lowest BCUT2D eigenvalue weighted by molar-refractivity contribution is -0.125. The lowest BCUT2D eigenvalue weighted by Crippen LogP contribution is -2.45. The number of rotatable bonds is 6. The molecule has 1 N–H and O–H groups in total. The molecular formula is C21H24N2O3. The molecular weight excluding hydrogens is 328 g/mol. The first-order chi connectivity index (χ1) is 12.6. The molecule has 2 aromatic rings. The van der Waals surface area contributed by atoms with Crippen LogP contribution < -0.4 is 15.0 Å². The lowest BCUT2D eigenvalue weighted by atomic mass is 10.1. The van der Waals surface area contributed by atoms with Gasteiger partial charge in [-0.05, 0) is 43.5 Å². The molecule has 3 rings (SSSR count). The number of hydrogen-bond donors (Lipinski definition) is 1. The van der Waals surface area contributed by atoms with Gasteiger partial charge in [-0.25, -0.2) is 0 Å². The van der Waals surface area contributed by atoms with Crippen molar-refractivity contribution in [2.75, 3.05) is 16.8 Å². The summed E-state index contributed by atoms with van der Waals surface area (Å²) in [7, 11) is 0. The molecule has 0 bridgehead atoms. The highest BCUT2D eigenvalue weighted by Crippen LogP contribution is 2.36. The molecule has 5 nitrogen and oxygen atoms in total. The van der Waals surface area contributed by atoms with E-state index in [9.17, 15) is 9.59 Å². The molecule has 0 saturated carbocycles. The summed E-state index contributed by atoms with van der Waals surface area (Å²) in [6, 6.07) is 15.5. The largest absolute Gasteiger partial charge is 0.479 e. The maximum absolute atomic E-state index is 12.7. The molecule has 0 radical (unpaired) electrons. The van der Waals surface area contributed by atoms with Crippen LogP contribution in [0.4, 0.5) is 11.4 Å². The molecule has 0 saturated heterocycles. The number of fused-ring (bicyclic) bond motifs is 1. The fourth-order valence-electron chi connectivity index (χ4n) is 3.05. The summed E-state index contributed by atoms with van der Waals surface area (Å²) in [6.45, 7) is 4.29. The Kier molecular flexibility index (Phi) is 5.56. The molecule has 0 aromatic heterocycles. The normalized spacial score (nSPS) is 16.0. The molecule has 136 valence electrons. The van der Waals surface area contributed by atoms with Crippen LogP contribution in [0.1, 0.15) is 32.3 Å². The summed E-state index contributed by atoms with van der Waals surface area (Å²) in [6.07, 6.45) is 1.50. The maximum atomic E-state index is 12.7. The van der Waals surface area contributed by atoms with E-state index in [0.717, 1.165) is 12.8 Å². The molecule has 2 amide bonds. The zero-order valence-electron chi connectivity index (χ0n) is 15.2. The van der Waals surface area contributed by atoms with Crippen molar-refractivity contribution in [1.29, 1.82) is 0 Å². The van der Waals surface area contributed by atoms with Crippen LogP contribution in [0.2, 0.25) is 0 Å². The monoisotopic (exact) mass is 352 g/mol. The van der Waals surface area contributed by atoms with E-state index < -0.39 is 6.10 Å². The fourth-order valence-corrected chi connectivity index (χ4v) is 3.05. The van der Waals surface area contributed by atoms with E-state index in [0.29, 0.717) is 30.1 Å². The van der Waals surface area contributed by atoms with Crippen molar-refractivity contribution in [3.8, 4) is 5.75 Å². The SMILES string of the molecule is CCCC(=O)Nc1ccc2c(c1)N(CCc1ccccc1)C(=O)C(C)O2. The Labute approximate surface area is 154 Å². The second kappa shape index (κ2) is 8.04. The highest BCUT2D eigenvalue weighted by molar-refractivity contribution is 6.01. The standard InChI is InChI=1S/C21H24N2O3/c1-3-7-20(24)22-17-10-11-19-18(14-17)23(21(25)15(2)26-19)13-12-16-8-5-4-6-9-16/h4-6,8-11,14-15H,3,7,12-13H2,1-2H3,(H,22,24). The van der Waals surface area contributed by atoms with Crippen LogP contribution in [0, 0.1) is 0 Å². The number of ether oxygens (including phenoxy) is 1. The highest BCUT2D eigenvalue weighted by atomic mass is 16.5. The topological polar surface area (TPSA) is 58.6 Å². The molecule has 1 aliphatic rings. The zero-order chi connectivity index (χ0) is 18.5. The van der Waals surface area contributed by atoms with E-state index in [1.54, 1.807) is 11.8 Å². The molecule has 1 atom stereocenters. The first-order valence-electron chi connectivity index (χ1n) is 9.04. The van der Waals surface area contributed by atoms with Crippen LogP contribution >= 0.6 is 0 Å². The molecule has 2 aromatic carbocycles. The van der Waals surface area contributed by atoms with Crippen LogP contribution in [0.3, 0.4) is 0 Å². The van der Waals surface area contributed by atoms with E-state index in [-0.39, 0.29) is 11.8 Å². The van der Waals surface area contributed by atoms with Gasteiger partial charge in [-0.2, -0.15) is 0 Å². The number of carbonyl (C=O) groups excluding carboxylic acids is 2. The number of carbonyl (C=O) groups is 2. The van der Waals surface area contributed by atoms with Gasteiger partial charge in [0.1, 0.15) is 5.75 Å². The van der Waals surface area contributed by atoms with Gasteiger partial charge >= 0.3 is 0 Å². The van der Waals surface area contributed by atoms with Crippen LogP contribution in [0.5, 0.6) is 5.75 Å². The van der Waals surface area contributed by atoms with Crippen molar-refractivity contribution < 1.29 is 14.3 Å². The van der Waals surface area contributed by atoms with Crippen LogP contribution in [-0.4, -0.2) is 24.5 Å². The average molecular weight is 352 g/mol. The zero-order valence-corrected chi connectivity index (χ0v) is 15.2. The molecule has 26 heavy (non-hydrogen) atoms. The van der Waals surface area contributed by atoms with Gasteiger partial charge in [-0.3, -0.25) is 9.59 Å². The Morgan fingerprint density at radius 2 is 1.96 bits per heavy atom. The molecule has 0 aliphatic carbocycles. The Balaban J connectivity index is 1.82. The molecule has 1 heterocycles. The van der Waals surface area contributed by atoms with Crippen molar-refractivity contribution in [2.45, 2.75) is 39.2 Å². The van der Waals surface area contributed by atoms with Crippen LogP contribution in [-0.2, 0) is 16.0 Å². The van der Waals surface area contributed by atoms with E-state index in [2.05, 4.69) is 17.4 Å². The van der Waals surface area contributed by atoms with Gasteiger partial charge in [0.15, 0.2) is 6.10 Å². The quantitative estimate of drug-likeness (QED) is 0.861. The number of nitrogens with one attached hydrogen (secondary N) is 1. The summed E-state index contributed by atoms with van der Waals surface area (Å²) >= 11 is 0. The first-order valence-corrected chi connectivity index (χ1v) is 9.04. The van der Waals surface area contributed by atoms with E-state index in [1.807, 2.05) is 43.3 Å². The summed E-state index contributed by atoms with van der Waals surface area (Å²) in [5.41, 5.74) is 2.56. The van der Waals surface area contributed by atoms with Gasteiger partial charge in [-0.15, -0.1) is 0 Å². The van der Waals surface area contributed by atoms with E-state index in [4.69, 9.17) is 4.74 Å². The van der Waals surface area contributed by atoms with Crippen LogP contribution in [0.15, 0.2) is 48.5 Å². The minimum absolute atomic E-state index is 0.0280. The predicted molar refractivity (Wildman–Crippen MR) is 103 cm³/mol. The Bertz CT molecular complexity index is 789. The summed E-state index contributed by atoms with van der Waals surface area (Å²) in [4.78, 5) is 26.3. The van der Waals surface area contributed by atoms with Gasteiger partial charge in [0, 0.05) is 18.7 Å². The summed E-state index contributed by atoms with van der Waals surface area (Å²) in [5.74, 6) is 0.573. The maximum Gasteiger partial charge on any atom is 0.267 e. The van der Waals surface area contributed by atoms with Gasteiger partial charge < -0.3 is 15.0 Å². The third-order valence-electron chi connectivity index (χ3n) is 4.40. The number of hydrogen-bond acceptors (Lipinski definition) is 3. The molecule has 0 spiro atoms. The van der Waals surface area contributed by atoms with Gasteiger partial charge in [0.05, 0.1) is 5.69 Å². The van der Waals surface area contributed by atoms with Gasteiger partial charge in [-0.1, -0.05) is 37.3 Å². The van der Waals surface area contributed by atoms with Crippen molar-refractivity contribution in [3.63, 3.8) is 0 Å². The fraction of sp³-hybridized carbons (Fsp3) is 0.333. The number of benzene rings is 2. The number of anilines is 2. The number of nitrogens with zero attached hydrogens (tertiary/aromatic N) is 1. The smallest absolute Gasteiger partial charge is 0.267 e. The third kappa shape index (κ3) is 4.04. The Morgan fingerprint density at radius 1 is 1.19 bits per heavy atom. The second-order valence-electron chi connectivity index (χ2n) is 6.47. The van der Waals surface area contributed by atoms with E-state index in [1.165, 1.54) is 5.56 Å². The number of amides is 2. The van der Waals surface area contributed by atoms with Crippen molar-refractivity contribution >= 4 is 23.2 Å². The summed E-state index contributed by atoms with van der Waals surface area (Å²) < 4.78 is 5.73. The van der Waals surface area contributed by atoms with Crippen molar-refractivity contribution in [3.05, 3.63) is 54.1 Å². The first kappa shape index (κ1) is 18.0. The molecule has 5 heteroatoms. The predicted octanol–water partition coefficient (Wildman–Crippen LogP) is 3.78. The summed E-state index contributed by atoms with van der Waals surface area (Å²) in [5, 5.41) is 2.88. The second-order valence-corrected chi connectivity index (χ2v) is 6.47. The minimum Gasteiger partial charge on any atom is -0.479 e. The molecule has 1 aliphatic heterocycles. The van der Waals surface area contributed by atoms with Gasteiger partial charge in [0.25, 0.3) is 5.91 Å². The van der Waals surface area contributed by atoms with Crippen LogP contribution in [0.25, 0.3) is 0 Å². The minimum atomic E-state index is -0.515. The Morgan fingerprint density at radius 3 is 2.69 bits per heavy atom. The molecule has 1 unspecified atom stereocenters. The van der Waals surface area contributed by atoms with Crippen molar-refractivity contribution in [1.82, 2.24) is 0 Å². The molecule has 0 fully saturated rings. The highest BCUT2D eigenvalue weighted by Gasteiger charge is 2.31. The Hall–Kier alpha value is -2.82. The third-order valence-corrected chi connectivity index (χ3v) is 4.40. The van der Waals surface area contributed by atoms with Gasteiger partial charge in [0.2, 0.25) is 5.91 Å².